The molecule has 3 rings (SSSR count). The highest BCUT2D eigenvalue weighted by atomic mass is 16.5. The molecule has 2 aliphatic rings. The first-order valence-electron chi connectivity index (χ1n) is 6.79. The fourth-order valence-electron chi connectivity index (χ4n) is 3.39. The van der Waals surface area contributed by atoms with Crippen LogP contribution in [0.3, 0.4) is 0 Å². The van der Waals surface area contributed by atoms with Gasteiger partial charge in [0.05, 0.1) is 14.2 Å². The van der Waals surface area contributed by atoms with Crippen molar-refractivity contribution in [2.45, 2.75) is 31.7 Å². The zero-order valence-electron chi connectivity index (χ0n) is 11.2. The molecule has 1 fully saturated rings. The van der Waals surface area contributed by atoms with Gasteiger partial charge in [0.25, 0.3) is 0 Å². The van der Waals surface area contributed by atoms with E-state index >= 15 is 0 Å². The molecule has 1 aliphatic heterocycles. The molecule has 1 N–H and O–H groups in total. The average molecular weight is 247 g/mol. The Labute approximate surface area is 108 Å². The van der Waals surface area contributed by atoms with Crippen LogP contribution >= 0.6 is 0 Å². The second-order valence-corrected chi connectivity index (χ2v) is 5.34. The Morgan fingerprint density at radius 1 is 1.17 bits per heavy atom. The lowest BCUT2D eigenvalue weighted by molar-refractivity contribution is 0.258. The van der Waals surface area contributed by atoms with Gasteiger partial charge in [-0.2, -0.15) is 0 Å². The van der Waals surface area contributed by atoms with E-state index in [0.717, 1.165) is 36.8 Å². The number of rotatable bonds is 2. The Morgan fingerprint density at radius 2 is 2.06 bits per heavy atom. The number of methoxy groups -OCH3 is 2. The van der Waals surface area contributed by atoms with Crippen LogP contribution < -0.4 is 14.8 Å². The maximum Gasteiger partial charge on any atom is 0.126 e. The van der Waals surface area contributed by atoms with Crippen molar-refractivity contribution in [3.8, 4) is 11.5 Å². The van der Waals surface area contributed by atoms with Crippen molar-refractivity contribution in [3.63, 3.8) is 0 Å². The minimum absolute atomic E-state index is 0.642. The van der Waals surface area contributed by atoms with E-state index < -0.39 is 0 Å². The molecule has 3 heteroatoms. The molecule has 0 amide bonds. The first-order chi connectivity index (χ1) is 8.81. The fourth-order valence-corrected chi connectivity index (χ4v) is 3.39. The maximum absolute atomic E-state index is 5.53. The minimum atomic E-state index is 0.642. The molecule has 0 saturated carbocycles. The van der Waals surface area contributed by atoms with Crippen molar-refractivity contribution in [1.29, 1.82) is 0 Å². The highest BCUT2D eigenvalue weighted by molar-refractivity contribution is 5.48. The zero-order valence-corrected chi connectivity index (χ0v) is 11.2. The summed E-state index contributed by atoms with van der Waals surface area (Å²) < 4.78 is 10.9. The standard InChI is InChI=1S/C15H21NO2/c1-17-12-6-11-8-14-10(4-3-5-16-14)7-13(11)15(9-12)18-2/h6,9-10,14,16H,3-5,7-8H2,1-2H3/t10-,14-/m1/s1. The van der Waals surface area contributed by atoms with E-state index in [1.165, 1.54) is 24.0 Å². The first kappa shape index (κ1) is 11.8. The topological polar surface area (TPSA) is 30.5 Å². The minimum Gasteiger partial charge on any atom is -0.497 e. The van der Waals surface area contributed by atoms with E-state index in [4.69, 9.17) is 9.47 Å². The lowest BCUT2D eigenvalue weighted by Gasteiger charge is -2.38. The molecule has 0 bridgehead atoms. The summed E-state index contributed by atoms with van der Waals surface area (Å²) in [5.74, 6) is 2.67. The second kappa shape index (κ2) is 4.81. The van der Waals surface area contributed by atoms with E-state index in [0.29, 0.717) is 6.04 Å². The van der Waals surface area contributed by atoms with Gasteiger partial charge in [0, 0.05) is 12.1 Å². The summed E-state index contributed by atoms with van der Waals surface area (Å²) in [7, 11) is 3.46. The second-order valence-electron chi connectivity index (χ2n) is 5.34. The summed E-state index contributed by atoms with van der Waals surface area (Å²) in [4.78, 5) is 0. The van der Waals surface area contributed by atoms with Crippen molar-refractivity contribution >= 4 is 0 Å². The van der Waals surface area contributed by atoms with Gasteiger partial charge in [-0.15, -0.1) is 0 Å². The van der Waals surface area contributed by atoms with Crippen molar-refractivity contribution in [3.05, 3.63) is 23.3 Å². The lowest BCUT2D eigenvalue weighted by Crippen LogP contribution is -2.46. The summed E-state index contributed by atoms with van der Waals surface area (Å²) in [6, 6.07) is 4.82. The smallest absolute Gasteiger partial charge is 0.126 e. The molecule has 1 saturated heterocycles. The van der Waals surface area contributed by atoms with Gasteiger partial charge in [0.2, 0.25) is 0 Å². The molecular weight excluding hydrogens is 226 g/mol. The number of fused-ring (bicyclic) bond motifs is 2. The van der Waals surface area contributed by atoms with Crippen molar-refractivity contribution in [2.24, 2.45) is 5.92 Å². The lowest BCUT2D eigenvalue weighted by atomic mass is 9.76. The molecular formula is C15H21NO2. The molecule has 3 nitrogen and oxygen atoms in total. The van der Waals surface area contributed by atoms with Gasteiger partial charge in [0.15, 0.2) is 0 Å². The van der Waals surface area contributed by atoms with Crippen LogP contribution in [0.25, 0.3) is 0 Å². The van der Waals surface area contributed by atoms with Crippen molar-refractivity contribution < 1.29 is 9.47 Å². The number of hydrogen-bond acceptors (Lipinski definition) is 3. The molecule has 0 unspecified atom stereocenters. The van der Waals surface area contributed by atoms with Crippen LogP contribution in [-0.4, -0.2) is 26.8 Å². The molecule has 1 heterocycles. The van der Waals surface area contributed by atoms with E-state index in [2.05, 4.69) is 11.4 Å². The third-order valence-corrected chi connectivity index (χ3v) is 4.36. The molecule has 18 heavy (non-hydrogen) atoms. The van der Waals surface area contributed by atoms with Crippen molar-refractivity contribution in [1.82, 2.24) is 5.32 Å². The predicted octanol–water partition coefficient (Wildman–Crippen LogP) is 2.17. The van der Waals surface area contributed by atoms with E-state index in [1.54, 1.807) is 14.2 Å². The number of nitrogens with one attached hydrogen (secondary N) is 1. The number of ether oxygens (including phenoxy) is 2. The Morgan fingerprint density at radius 3 is 2.83 bits per heavy atom. The molecule has 1 aromatic carbocycles. The van der Waals surface area contributed by atoms with Crippen LogP contribution in [0.1, 0.15) is 24.0 Å². The normalized spacial score (nSPS) is 26.1. The molecule has 2 atom stereocenters. The summed E-state index contributed by atoms with van der Waals surface area (Å²) in [6.07, 6.45) is 4.88. The van der Waals surface area contributed by atoms with Crippen LogP contribution in [0.15, 0.2) is 12.1 Å². The van der Waals surface area contributed by atoms with E-state index in [-0.39, 0.29) is 0 Å². The molecule has 1 aliphatic carbocycles. The SMILES string of the molecule is COc1cc2c(c(OC)c1)C[C@H]1CCCN[C@@H]1C2. The first-order valence-corrected chi connectivity index (χ1v) is 6.79. The fraction of sp³-hybridized carbons (Fsp3) is 0.600. The van der Waals surface area contributed by atoms with Crippen LogP contribution in [0.5, 0.6) is 11.5 Å². The van der Waals surface area contributed by atoms with Crippen LogP contribution in [0, 0.1) is 5.92 Å². The van der Waals surface area contributed by atoms with E-state index in [9.17, 15) is 0 Å². The Bertz CT molecular complexity index is 444. The summed E-state index contributed by atoms with van der Waals surface area (Å²) in [5.41, 5.74) is 2.78. The Kier molecular flexibility index (Phi) is 3.16. The van der Waals surface area contributed by atoms with E-state index in [1.807, 2.05) is 6.07 Å². The molecule has 0 spiro atoms. The summed E-state index contributed by atoms with van der Waals surface area (Å²) in [5, 5.41) is 3.66. The summed E-state index contributed by atoms with van der Waals surface area (Å²) in [6.45, 7) is 1.16. The third-order valence-electron chi connectivity index (χ3n) is 4.36. The number of benzene rings is 1. The van der Waals surface area contributed by atoms with Gasteiger partial charge in [-0.05, 0) is 55.3 Å². The predicted molar refractivity (Wildman–Crippen MR) is 71.5 cm³/mol. The Balaban J connectivity index is 1.98. The quantitative estimate of drug-likeness (QED) is 0.869. The molecule has 98 valence electrons. The van der Waals surface area contributed by atoms with Crippen LogP contribution in [-0.2, 0) is 12.8 Å². The van der Waals surface area contributed by atoms with Gasteiger partial charge < -0.3 is 14.8 Å². The van der Waals surface area contributed by atoms with Gasteiger partial charge in [-0.25, -0.2) is 0 Å². The highest BCUT2D eigenvalue weighted by Crippen LogP contribution is 2.38. The van der Waals surface area contributed by atoms with Gasteiger partial charge in [0.1, 0.15) is 11.5 Å². The number of hydrogen-bond donors (Lipinski definition) is 1. The average Bonchev–Trinajstić information content (AvgIpc) is 2.43. The monoisotopic (exact) mass is 247 g/mol. The number of piperidine rings is 1. The largest absolute Gasteiger partial charge is 0.497 e. The maximum atomic E-state index is 5.53. The Hall–Kier alpha value is -1.22. The summed E-state index contributed by atoms with van der Waals surface area (Å²) >= 11 is 0. The van der Waals surface area contributed by atoms with Crippen LogP contribution in [0.2, 0.25) is 0 Å². The van der Waals surface area contributed by atoms with Gasteiger partial charge >= 0.3 is 0 Å². The van der Waals surface area contributed by atoms with Gasteiger partial charge in [-0.3, -0.25) is 0 Å². The zero-order chi connectivity index (χ0) is 12.5. The molecule has 0 aromatic heterocycles. The third kappa shape index (κ3) is 1.97. The molecule has 0 radical (unpaired) electrons. The van der Waals surface area contributed by atoms with Crippen molar-refractivity contribution in [2.75, 3.05) is 20.8 Å². The van der Waals surface area contributed by atoms with Gasteiger partial charge in [-0.1, -0.05) is 0 Å². The van der Waals surface area contributed by atoms with Crippen LogP contribution in [0.4, 0.5) is 0 Å². The molecule has 1 aromatic rings. The highest BCUT2D eigenvalue weighted by Gasteiger charge is 2.32.